The van der Waals surface area contributed by atoms with Crippen LogP contribution < -0.4 is 5.32 Å². The largest absolute Gasteiger partial charge is 0.310 e. The molecular weight excluding hydrogens is 186 g/mol. The molecule has 0 aliphatic rings. The molecule has 0 spiro atoms. The summed E-state index contributed by atoms with van der Waals surface area (Å²) < 4.78 is 1.92. The van der Waals surface area contributed by atoms with Crippen LogP contribution in [0.25, 0.3) is 0 Å². The van der Waals surface area contributed by atoms with Gasteiger partial charge in [0.25, 0.3) is 0 Å². The third-order valence-corrected chi connectivity index (χ3v) is 2.68. The average molecular weight is 209 g/mol. The van der Waals surface area contributed by atoms with Crippen molar-refractivity contribution in [2.45, 2.75) is 46.1 Å². The van der Waals surface area contributed by atoms with Crippen LogP contribution in [0.5, 0.6) is 0 Å². The Labute approximate surface area is 92.9 Å². The van der Waals surface area contributed by atoms with Gasteiger partial charge < -0.3 is 5.32 Å². The highest BCUT2D eigenvalue weighted by atomic mass is 15.3. The van der Waals surface area contributed by atoms with Gasteiger partial charge in [-0.25, -0.2) is 0 Å². The van der Waals surface area contributed by atoms with Crippen molar-refractivity contribution in [2.24, 2.45) is 7.05 Å². The molecule has 0 amide bonds. The van der Waals surface area contributed by atoms with Crippen molar-refractivity contribution in [1.82, 2.24) is 15.1 Å². The first-order valence-corrected chi connectivity index (χ1v) is 5.98. The summed E-state index contributed by atoms with van der Waals surface area (Å²) in [5.74, 6) is 0. The molecule has 0 radical (unpaired) electrons. The van der Waals surface area contributed by atoms with Gasteiger partial charge in [0.05, 0.1) is 5.69 Å². The predicted molar refractivity (Wildman–Crippen MR) is 63.9 cm³/mol. The second-order valence-corrected chi connectivity index (χ2v) is 3.96. The van der Waals surface area contributed by atoms with E-state index in [4.69, 9.17) is 0 Å². The van der Waals surface area contributed by atoms with Crippen LogP contribution in [0.3, 0.4) is 0 Å². The Hall–Kier alpha value is -0.830. The Morgan fingerprint density at radius 2 is 2.13 bits per heavy atom. The van der Waals surface area contributed by atoms with Gasteiger partial charge in [-0.2, -0.15) is 5.10 Å². The van der Waals surface area contributed by atoms with Crippen molar-refractivity contribution in [3.63, 3.8) is 0 Å². The molecule has 1 aromatic heterocycles. The topological polar surface area (TPSA) is 29.9 Å². The first-order valence-electron chi connectivity index (χ1n) is 5.98. The van der Waals surface area contributed by atoms with Gasteiger partial charge in [-0.3, -0.25) is 4.68 Å². The lowest BCUT2D eigenvalue weighted by Gasteiger charge is -2.16. The fourth-order valence-corrected chi connectivity index (χ4v) is 2.02. The number of hydrogen-bond donors (Lipinski definition) is 1. The zero-order valence-electron chi connectivity index (χ0n) is 10.4. The van der Waals surface area contributed by atoms with Gasteiger partial charge in [0.1, 0.15) is 0 Å². The fraction of sp³-hybridized carbons (Fsp3) is 0.750. The maximum atomic E-state index is 4.49. The van der Waals surface area contributed by atoms with E-state index in [1.54, 1.807) is 0 Å². The summed E-state index contributed by atoms with van der Waals surface area (Å²) in [7, 11) is 2.00. The molecule has 86 valence electrons. The highest BCUT2D eigenvalue weighted by Crippen LogP contribution is 2.21. The van der Waals surface area contributed by atoms with Crippen molar-refractivity contribution < 1.29 is 0 Å². The molecule has 15 heavy (non-hydrogen) atoms. The molecule has 1 heterocycles. The van der Waals surface area contributed by atoms with Crippen LogP contribution in [0.1, 0.15) is 50.9 Å². The smallest absolute Gasteiger partial charge is 0.0669 e. The van der Waals surface area contributed by atoms with E-state index >= 15 is 0 Å². The minimum absolute atomic E-state index is 0.476. The Morgan fingerprint density at radius 1 is 1.40 bits per heavy atom. The van der Waals surface area contributed by atoms with Crippen LogP contribution in [0.15, 0.2) is 6.20 Å². The minimum atomic E-state index is 0.476. The minimum Gasteiger partial charge on any atom is -0.310 e. The zero-order chi connectivity index (χ0) is 11.3. The summed E-state index contributed by atoms with van der Waals surface area (Å²) in [5.41, 5.74) is 2.61. The van der Waals surface area contributed by atoms with E-state index in [-0.39, 0.29) is 0 Å². The van der Waals surface area contributed by atoms with E-state index in [9.17, 15) is 0 Å². The van der Waals surface area contributed by atoms with E-state index in [0.29, 0.717) is 6.04 Å². The number of aryl methyl sites for hydroxylation is 2. The molecule has 0 aliphatic heterocycles. The second kappa shape index (κ2) is 5.91. The number of nitrogens with one attached hydrogen (secondary N) is 1. The third kappa shape index (κ3) is 3.06. The molecule has 1 atom stereocenters. The van der Waals surface area contributed by atoms with Crippen molar-refractivity contribution >= 4 is 0 Å². The Kier molecular flexibility index (Phi) is 4.82. The summed E-state index contributed by atoms with van der Waals surface area (Å²) >= 11 is 0. The second-order valence-electron chi connectivity index (χ2n) is 3.96. The number of hydrogen-bond acceptors (Lipinski definition) is 2. The van der Waals surface area contributed by atoms with Crippen LogP contribution in [0.4, 0.5) is 0 Å². The molecular formula is C12H23N3. The number of nitrogens with zero attached hydrogens (tertiary/aromatic N) is 2. The van der Waals surface area contributed by atoms with Gasteiger partial charge in [0.2, 0.25) is 0 Å². The molecule has 0 saturated heterocycles. The van der Waals surface area contributed by atoms with Crippen LogP contribution in [-0.2, 0) is 13.5 Å². The summed E-state index contributed by atoms with van der Waals surface area (Å²) in [4.78, 5) is 0. The zero-order valence-corrected chi connectivity index (χ0v) is 10.4. The Morgan fingerprint density at radius 3 is 2.67 bits per heavy atom. The van der Waals surface area contributed by atoms with Crippen molar-refractivity contribution in [3.05, 3.63) is 17.5 Å². The lowest BCUT2D eigenvalue weighted by Crippen LogP contribution is -2.21. The van der Waals surface area contributed by atoms with Gasteiger partial charge in [-0.15, -0.1) is 0 Å². The SMILES string of the molecule is CCCC(NCC)c1cn(C)nc1CC. The van der Waals surface area contributed by atoms with Crippen LogP contribution in [0, 0.1) is 0 Å². The summed E-state index contributed by atoms with van der Waals surface area (Å²) in [6, 6.07) is 0.476. The summed E-state index contributed by atoms with van der Waals surface area (Å²) in [6.45, 7) is 7.57. The molecule has 1 N–H and O–H groups in total. The lowest BCUT2D eigenvalue weighted by molar-refractivity contribution is 0.506. The summed E-state index contributed by atoms with van der Waals surface area (Å²) in [6.07, 6.45) is 5.56. The molecule has 0 saturated carbocycles. The average Bonchev–Trinajstić information content (AvgIpc) is 2.59. The standard InChI is InChI=1S/C12H23N3/c1-5-8-12(13-7-3)10-9-15(4)14-11(10)6-2/h9,12-13H,5-8H2,1-4H3. The highest BCUT2D eigenvalue weighted by Gasteiger charge is 2.15. The lowest BCUT2D eigenvalue weighted by atomic mass is 10.0. The van der Waals surface area contributed by atoms with E-state index < -0.39 is 0 Å². The first-order chi connectivity index (χ1) is 7.22. The van der Waals surface area contributed by atoms with Gasteiger partial charge in [0, 0.05) is 24.8 Å². The predicted octanol–water partition coefficient (Wildman–Crippen LogP) is 2.43. The normalized spacial score (nSPS) is 13.1. The Bertz CT molecular complexity index is 285. The van der Waals surface area contributed by atoms with Gasteiger partial charge >= 0.3 is 0 Å². The van der Waals surface area contributed by atoms with Crippen molar-refractivity contribution in [2.75, 3.05) is 6.54 Å². The van der Waals surface area contributed by atoms with Crippen molar-refractivity contribution in [1.29, 1.82) is 0 Å². The number of aromatic nitrogens is 2. The van der Waals surface area contributed by atoms with Gasteiger partial charge in [-0.1, -0.05) is 27.2 Å². The van der Waals surface area contributed by atoms with E-state index in [1.807, 2.05) is 11.7 Å². The van der Waals surface area contributed by atoms with E-state index in [1.165, 1.54) is 24.1 Å². The molecule has 0 fully saturated rings. The molecule has 1 aromatic rings. The summed E-state index contributed by atoms with van der Waals surface area (Å²) in [5, 5.41) is 8.03. The molecule has 3 nitrogen and oxygen atoms in total. The quantitative estimate of drug-likeness (QED) is 0.780. The Balaban J connectivity index is 2.87. The fourth-order valence-electron chi connectivity index (χ4n) is 2.02. The van der Waals surface area contributed by atoms with Gasteiger partial charge in [0.15, 0.2) is 0 Å². The molecule has 0 aromatic carbocycles. The van der Waals surface area contributed by atoms with Gasteiger partial charge in [-0.05, 0) is 19.4 Å². The molecule has 0 bridgehead atoms. The number of rotatable bonds is 6. The monoisotopic (exact) mass is 209 g/mol. The molecule has 1 unspecified atom stereocenters. The van der Waals surface area contributed by atoms with Crippen molar-refractivity contribution in [3.8, 4) is 0 Å². The molecule has 3 heteroatoms. The van der Waals surface area contributed by atoms with E-state index in [0.717, 1.165) is 13.0 Å². The first kappa shape index (κ1) is 12.2. The maximum Gasteiger partial charge on any atom is 0.0669 e. The maximum absolute atomic E-state index is 4.49. The third-order valence-electron chi connectivity index (χ3n) is 2.68. The molecule has 1 rings (SSSR count). The van der Waals surface area contributed by atoms with Crippen LogP contribution in [0.2, 0.25) is 0 Å². The van der Waals surface area contributed by atoms with E-state index in [2.05, 4.69) is 37.4 Å². The van der Waals surface area contributed by atoms with Crippen LogP contribution in [-0.4, -0.2) is 16.3 Å². The highest BCUT2D eigenvalue weighted by molar-refractivity contribution is 5.21. The van der Waals surface area contributed by atoms with Crippen LogP contribution >= 0.6 is 0 Å². The molecule has 0 aliphatic carbocycles.